The van der Waals surface area contributed by atoms with Crippen LogP contribution in [0.1, 0.15) is 44.0 Å². The van der Waals surface area contributed by atoms with E-state index in [1.807, 2.05) is 11.5 Å². The highest BCUT2D eigenvalue weighted by molar-refractivity contribution is 5.83. The molecule has 0 fully saturated rings. The Balaban J connectivity index is 1.64. The highest BCUT2D eigenvalue weighted by atomic mass is 19.3. The van der Waals surface area contributed by atoms with Crippen LogP contribution in [0.5, 0.6) is 5.75 Å². The number of aromatic nitrogens is 4. The molecule has 0 aliphatic carbocycles. The number of aliphatic hydroxyl groups is 1. The molecule has 0 spiro atoms. The minimum atomic E-state index is -2.94. The minimum absolute atomic E-state index is 0.0669. The smallest absolute Gasteiger partial charge is 0.387 e. The van der Waals surface area contributed by atoms with Gasteiger partial charge in [0.05, 0.1) is 17.1 Å². The van der Waals surface area contributed by atoms with Crippen molar-refractivity contribution in [1.29, 1.82) is 0 Å². The van der Waals surface area contributed by atoms with Crippen molar-refractivity contribution in [3.05, 3.63) is 71.8 Å². The van der Waals surface area contributed by atoms with Crippen molar-refractivity contribution in [1.82, 2.24) is 19.5 Å². The third-order valence-electron chi connectivity index (χ3n) is 6.14. The maximum atomic E-state index is 15.0. The lowest BCUT2D eigenvalue weighted by Crippen LogP contribution is -2.19. The quantitative estimate of drug-likeness (QED) is 0.434. The van der Waals surface area contributed by atoms with Crippen LogP contribution in [0.15, 0.2) is 48.8 Å². The van der Waals surface area contributed by atoms with E-state index in [1.54, 1.807) is 38.1 Å². The summed E-state index contributed by atoms with van der Waals surface area (Å²) in [5.41, 5.74) is 1.30. The summed E-state index contributed by atoms with van der Waals surface area (Å²) in [5.74, 6) is 0.686. The molecule has 34 heavy (non-hydrogen) atoms. The summed E-state index contributed by atoms with van der Waals surface area (Å²) >= 11 is 0. The van der Waals surface area contributed by atoms with E-state index >= 15 is 4.39 Å². The molecule has 0 unspecified atom stereocenters. The van der Waals surface area contributed by atoms with Gasteiger partial charge in [-0.3, -0.25) is 0 Å². The zero-order valence-corrected chi connectivity index (χ0v) is 18.8. The van der Waals surface area contributed by atoms with Gasteiger partial charge in [0.25, 0.3) is 0 Å². The third kappa shape index (κ3) is 3.79. The Kier molecular flexibility index (Phi) is 5.31. The molecule has 0 radical (unpaired) electrons. The first-order valence-corrected chi connectivity index (χ1v) is 10.9. The molecule has 0 saturated carbocycles. The number of rotatable bonds is 5. The second-order valence-electron chi connectivity index (χ2n) is 9.12. The number of benzene rings is 2. The lowest BCUT2D eigenvalue weighted by atomic mass is 9.94. The zero-order valence-electron chi connectivity index (χ0n) is 18.8. The first kappa shape index (κ1) is 22.3. The maximum absolute atomic E-state index is 15.0. The zero-order chi connectivity index (χ0) is 24.2. The first-order valence-electron chi connectivity index (χ1n) is 10.9. The van der Waals surface area contributed by atoms with Gasteiger partial charge in [0.1, 0.15) is 23.0 Å². The normalized spacial score (nSPS) is 18.0. The Labute approximate surface area is 194 Å². The number of imidazole rings is 1. The fourth-order valence-electron chi connectivity index (χ4n) is 4.65. The molecule has 2 aromatic carbocycles. The van der Waals surface area contributed by atoms with E-state index in [0.717, 1.165) is 5.82 Å². The van der Waals surface area contributed by atoms with Gasteiger partial charge in [0.15, 0.2) is 5.82 Å². The summed E-state index contributed by atoms with van der Waals surface area (Å²) in [6.07, 6.45) is 3.55. The largest absolute Gasteiger partial charge is 0.434 e. The lowest BCUT2D eigenvalue weighted by Gasteiger charge is -2.22. The lowest BCUT2D eigenvalue weighted by molar-refractivity contribution is -0.0508. The van der Waals surface area contributed by atoms with Gasteiger partial charge in [-0.25, -0.2) is 19.3 Å². The molecule has 4 aromatic rings. The second kappa shape index (κ2) is 8.09. The molecule has 5 rings (SSSR count). The van der Waals surface area contributed by atoms with Gasteiger partial charge in [-0.05, 0) is 31.9 Å². The van der Waals surface area contributed by atoms with Crippen LogP contribution < -0.4 is 4.74 Å². The van der Waals surface area contributed by atoms with E-state index in [9.17, 15) is 13.9 Å². The van der Waals surface area contributed by atoms with Gasteiger partial charge in [-0.2, -0.15) is 8.78 Å². The number of fused-ring (bicyclic) bond motifs is 3. The summed E-state index contributed by atoms with van der Waals surface area (Å²) in [5, 5.41) is 10.1. The number of hydrogen-bond acceptors (Lipinski definition) is 5. The van der Waals surface area contributed by atoms with Crippen LogP contribution in [0.3, 0.4) is 0 Å². The fourth-order valence-corrected chi connectivity index (χ4v) is 4.65. The monoisotopic (exact) mass is 468 g/mol. The number of nitrogens with zero attached hydrogens (tertiary/aromatic N) is 4. The molecule has 2 aromatic heterocycles. The van der Waals surface area contributed by atoms with Crippen molar-refractivity contribution in [2.45, 2.75) is 45.4 Å². The molecular weight excluding hydrogens is 445 g/mol. The number of alkyl halides is 2. The summed E-state index contributed by atoms with van der Waals surface area (Å²) in [6.45, 7) is 2.23. The fraction of sp³-hybridized carbons (Fsp3) is 0.320. The number of ether oxygens (including phenoxy) is 1. The summed E-state index contributed by atoms with van der Waals surface area (Å²) in [7, 11) is 0. The van der Waals surface area contributed by atoms with Crippen molar-refractivity contribution in [2.24, 2.45) is 5.92 Å². The first-order chi connectivity index (χ1) is 16.1. The maximum Gasteiger partial charge on any atom is 0.387 e. The Hall–Kier alpha value is -3.46. The van der Waals surface area contributed by atoms with Gasteiger partial charge in [0.2, 0.25) is 0 Å². The molecule has 2 atom stereocenters. The van der Waals surface area contributed by atoms with E-state index in [2.05, 4.69) is 15.0 Å². The molecule has 0 amide bonds. The van der Waals surface area contributed by atoms with Crippen LogP contribution in [0.25, 0.3) is 22.2 Å². The van der Waals surface area contributed by atoms with Crippen molar-refractivity contribution in [3.8, 4) is 16.9 Å². The third-order valence-corrected chi connectivity index (χ3v) is 6.14. The van der Waals surface area contributed by atoms with E-state index in [1.165, 1.54) is 24.5 Å². The Morgan fingerprint density at radius 1 is 1.15 bits per heavy atom. The van der Waals surface area contributed by atoms with Crippen molar-refractivity contribution >= 4 is 11.0 Å². The van der Waals surface area contributed by atoms with Crippen LogP contribution in [-0.4, -0.2) is 31.2 Å². The predicted molar refractivity (Wildman–Crippen MR) is 120 cm³/mol. The van der Waals surface area contributed by atoms with Gasteiger partial charge < -0.3 is 14.4 Å². The van der Waals surface area contributed by atoms with Crippen LogP contribution in [0.2, 0.25) is 0 Å². The molecule has 0 bridgehead atoms. The average Bonchev–Trinajstić information content (AvgIpc) is 3.26. The van der Waals surface area contributed by atoms with Crippen molar-refractivity contribution in [3.63, 3.8) is 0 Å². The molecule has 1 aliphatic heterocycles. The van der Waals surface area contributed by atoms with Gasteiger partial charge in [0, 0.05) is 41.6 Å². The summed E-state index contributed by atoms with van der Waals surface area (Å²) < 4.78 is 47.9. The van der Waals surface area contributed by atoms with Gasteiger partial charge in [-0.15, -0.1) is 0 Å². The van der Waals surface area contributed by atoms with Crippen LogP contribution in [0, 0.1) is 11.7 Å². The van der Waals surface area contributed by atoms with E-state index in [-0.39, 0.29) is 29.1 Å². The van der Waals surface area contributed by atoms with E-state index in [0.29, 0.717) is 28.6 Å². The molecule has 3 heterocycles. The molecule has 1 N–H and O–H groups in total. The molecular formula is C25H23F3N4O2. The highest BCUT2D eigenvalue weighted by Crippen LogP contribution is 2.43. The van der Waals surface area contributed by atoms with Gasteiger partial charge in [-0.1, -0.05) is 25.1 Å². The number of hydrogen-bond donors (Lipinski definition) is 1. The second-order valence-corrected chi connectivity index (χ2v) is 9.12. The predicted octanol–water partition coefficient (Wildman–Crippen LogP) is 5.24. The summed E-state index contributed by atoms with van der Waals surface area (Å²) in [4.78, 5) is 13.0. The molecule has 1 aliphatic rings. The SMILES string of the molecule is C[C@H]1Cc2nc3cc(F)c(-c4cnc(C(C)(C)O)nc4)cc3n2[C@H]1c1ccccc1OC(F)F. The van der Waals surface area contributed by atoms with E-state index < -0.39 is 18.0 Å². The Morgan fingerprint density at radius 3 is 2.53 bits per heavy atom. The summed E-state index contributed by atoms with van der Waals surface area (Å²) in [6, 6.07) is 9.48. The Bertz CT molecular complexity index is 1360. The van der Waals surface area contributed by atoms with Crippen molar-refractivity contribution in [2.75, 3.05) is 0 Å². The van der Waals surface area contributed by atoms with Crippen LogP contribution in [-0.2, 0) is 12.0 Å². The minimum Gasteiger partial charge on any atom is -0.434 e. The molecule has 176 valence electrons. The highest BCUT2D eigenvalue weighted by Gasteiger charge is 2.35. The Morgan fingerprint density at radius 2 is 1.85 bits per heavy atom. The van der Waals surface area contributed by atoms with Gasteiger partial charge >= 0.3 is 6.61 Å². The topological polar surface area (TPSA) is 73.1 Å². The standard InChI is InChI=1S/C25H23F3N4O2/c1-13-8-21-31-18-10-17(26)16(14-11-29-23(30-12-14)25(2,3)33)9-19(18)32(21)22(13)15-6-4-5-7-20(15)34-24(27)28/h4-7,9-13,22,24,33H,8H2,1-3H3/t13-,22+/m0/s1. The number of halogens is 3. The molecule has 0 saturated heterocycles. The van der Waals surface area contributed by atoms with Crippen LogP contribution in [0.4, 0.5) is 13.2 Å². The number of para-hydroxylation sites is 1. The average molecular weight is 468 g/mol. The molecule has 6 nitrogen and oxygen atoms in total. The van der Waals surface area contributed by atoms with Crippen LogP contribution >= 0.6 is 0 Å². The molecule has 9 heteroatoms. The van der Waals surface area contributed by atoms with E-state index in [4.69, 9.17) is 4.74 Å². The van der Waals surface area contributed by atoms with Crippen molar-refractivity contribution < 1.29 is 23.0 Å².